The van der Waals surface area contributed by atoms with Gasteiger partial charge in [0.05, 0.1) is 20.2 Å². The molecule has 2 saturated heterocycles. The first-order valence-corrected chi connectivity index (χ1v) is 8.83. The lowest BCUT2D eigenvalue weighted by Crippen LogP contribution is -2.50. The Hall–Kier alpha value is -2.61. The summed E-state index contributed by atoms with van der Waals surface area (Å²) in [7, 11) is 1.68. The Balaban J connectivity index is 1.48. The summed E-state index contributed by atoms with van der Waals surface area (Å²) in [4.78, 5) is 17.8. The number of alkyl carbamates (subject to hydrolysis) is 1. The zero-order valence-corrected chi connectivity index (χ0v) is 14.9. The normalized spacial score (nSPS) is 23.0. The smallest absolute Gasteiger partial charge is 0.407 e. The average molecular weight is 357 g/mol. The van der Waals surface area contributed by atoms with E-state index in [1.165, 1.54) is 11.9 Å². The van der Waals surface area contributed by atoms with E-state index in [1.807, 2.05) is 6.07 Å². The van der Waals surface area contributed by atoms with E-state index in [-0.39, 0.29) is 11.7 Å². The third kappa shape index (κ3) is 3.50. The fourth-order valence-corrected chi connectivity index (χ4v) is 3.86. The molecule has 2 fully saturated rings. The molecule has 8 heteroatoms. The van der Waals surface area contributed by atoms with Crippen LogP contribution in [-0.4, -0.2) is 58.1 Å². The minimum absolute atomic E-state index is 0.300. The van der Waals surface area contributed by atoms with Crippen LogP contribution in [0.4, 0.5) is 4.79 Å². The first-order valence-electron chi connectivity index (χ1n) is 8.83. The van der Waals surface area contributed by atoms with Gasteiger partial charge >= 0.3 is 6.09 Å². The second-order valence-corrected chi connectivity index (χ2v) is 6.98. The predicted octanol–water partition coefficient (Wildman–Crippen LogP) is 1.41. The van der Waals surface area contributed by atoms with Crippen molar-refractivity contribution in [2.24, 2.45) is 0 Å². The van der Waals surface area contributed by atoms with Gasteiger partial charge in [-0.1, -0.05) is 6.07 Å². The van der Waals surface area contributed by atoms with Crippen LogP contribution in [0.15, 0.2) is 30.9 Å². The van der Waals surface area contributed by atoms with Crippen molar-refractivity contribution in [3.8, 4) is 5.75 Å². The summed E-state index contributed by atoms with van der Waals surface area (Å²) in [6.07, 6.45) is 4.87. The van der Waals surface area contributed by atoms with Crippen molar-refractivity contribution in [2.45, 2.75) is 31.5 Å². The fourth-order valence-electron chi connectivity index (χ4n) is 3.86. The Bertz CT molecular complexity index is 779. The molecule has 1 aromatic carbocycles. The lowest BCUT2D eigenvalue weighted by molar-refractivity contribution is -0.0111. The molecule has 0 radical (unpaired) electrons. The highest BCUT2D eigenvalue weighted by atomic mass is 16.6. The maximum atomic E-state index is 11.5. The number of benzene rings is 1. The quantitative estimate of drug-likeness (QED) is 0.871. The molecule has 1 spiro atoms. The summed E-state index contributed by atoms with van der Waals surface area (Å²) < 4.78 is 12.8. The SMILES string of the molecule is COc1ccc(CN2CCC[C@]3(CNC(=O)O3)C2)cc1Cn1cncn1. The Morgan fingerprint density at radius 2 is 2.31 bits per heavy atom. The Labute approximate surface area is 152 Å². The molecule has 1 aromatic heterocycles. The number of rotatable bonds is 5. The third-order valence-electron chi connectivity index (χ3n) is 5.03. The Morgan fingerprint density at radius 1 is 1.38 bits per heavy atom. The molecule has 4 rings (SSSR count). The van der Waals surface area contributed by atoms with Crippen LogP contribution in [0.3, 0.4) is 0 Å². The van der Waals surface area contributed by atoms with Gasteiger partial charge in [-0.2, -0.15) is 5.10 Å². The summed E-state index contributed by atoms with van der Waals surface area (Å²) in [5.74, 6) is 0.841. The molecule has 0 bridgehead atoms. The van der Waals surface area contributed by atoms with E-state index < -0.39 is 0 Å². The van der Waals surface area contributed by atoms with E-state index in [0.29, 0.717) is 13.1 Å². The monoisotopic (exact) mass is 357 g/mol. The number of hydrogen-bond donors (Lipinski definition) is 1. The molecule has 1 amide bonds. The van der Waals surface area contributed by atoms with Gasteiger partial charge in [-0.15, -0.1) is 0 Å². The van der Waals surface area contributed by atoms with Crippen molar-refractivity contribution in [3.05, 3.63) is 42.0 Å². The van der Waals surface area contributed by atoms with E-state index in [4.69, 9.17) is 9.47 Å². The van der Waals surface area contributed by atoms with Crippen molar-refractivity contribution in [1.29, 1.82) is 0 Å². The van der Waals surface area contributed by atoms with Gasteiger partial charge < -0.3 is 14.8 Å². The summed E-state index contributed by atoms with van der Waals surface area (Å²) in [6.45, 7) is 3.79. The topological polar surface area (TPSA) is 81.5 Å². The highest BCUT2D eigenvalue weighted by Gasteiger charge is 2.43. The maximum Gasteiger partial charge on any atom is 0.407 e. The molecule has 1 atom stereocenters. The van der Waals surface area contributed by atoms with Crippen LogP contribution in [0.25, 0.3) is 0 Å². The van der Waals surface area contributed by atoms with Crippen LogP contribution < -0.4 is 10.1 Å². The predicted molar refractivity (Wildman–Crippen MR) is 93.8 cm³/mol. The lowest BCUT2D eigenvalue weighted by Gasteiger charge is -2.38. The van der Waals surface area contributed by atoms with Crippen LogP contribution in [0.5, 0.6) is 5.75 Å². The molecule has 8 nitrogen and oxygen atoms in total. The van der Waals surface area contributed by atoms with E-state index in [1.54, 1.807) is 18.1 Å². The van der Waals surface area contributed by atoms with Gasteiger partial charge in [-0.3, -0.25) is 4.90 Å². The molecule has 0 unspecified atom stereocenters. The standard InChI is InChI=1S/C18H23N5O3/c1-25-16-4-3-14(7-15(16)9-23-13-19-12-21-23)8-22-6-2-5-18(11-22)10-20-17(24)26-18/h3-4,7,12-13H,2,5-6,8-11H2,1H3,(H,20,24)/t18-/m0/s1. The second kappa shape index (κ2) is 6.95. The van der Waals surface area contributed by atoms with Crippen molar-refractivity contribution in [3.63, 3.8) is 0 Å². The minimum Gasteiger partial charge on any atom is -0.496 e. The number of piperidine rings is 1. The third-order valence-corrected chi connectivity index (χ3v) is 5.03. The molecule has 1 N–H and O–H groups in total. The van der Waals surface area contributed by atoms with Crippen LogP contribution in [0.2, 0.25) is 0 Å². The lowest BCUT2D eigenvalue weighted by atomic mass is 9.92. The van der Waals surface area contributed by atoms with E-state index in [2.05, 4.69) is 32.4 Å². The molecule has 3 heterocycles. The van der Waals surface area contributed by atoms with E-state index >= 15 is 0 Å². The number of hydrogen-bond acceptors (Lipinski definition) is 6. The number of likely N-dealkylation sites (tertiary alicyclic amines) is 1. The summed E-state index contributed by atoms with van der Waals surface area (Å²) >= 11 is 0. The average Bonchev–Trinajstić information content (AvgIpc) is 3.26. The fraction of sp³-hybridized carbons (Fsp3) is 0.500. The van der Waals surface area contributed by atoms with Crippen molar-refractivity contribution in [1.82, 2.24) is 25.0 Å². The summed E-state index contributed by atoms with van der Waals surface area (Å²) in [6, 6.07) is 6.24. The summed E-state index contributed by atoms with van der Waals surface area (Å²) in [5, 5.41) is 6.97. The Morgan fingerprint density at radius 3 is 3.04 bits per heavy atom. The molecule has 2 aliphatic heterocycles. The van der Waals surface area contributed by atoms with Gasteiger partial charge in [0.25, 0.3) is 0 Å². The number of carbonyl (C=O) groups is 1. The van der Waals surface area contributed by atoms with E-state index in [0.717, 1.165) is 43.8 Å². The van der Waals surface area contributed by atoms with Crippen molar-refractivity contribution < 1.29 is 14.3 Å². The minimum atomic E-state index is -0.370. The van der Waals surface area contributed by atoms with Crippen LogP contribution in [-0.2, 0) is 17.8 Å². The van der Waals surface area contributed by atoms with Gasteiger partial charge in [0.15, 0.2) is 0 Å². The van der Waals surface area contributed by atoms with Crippen LogP contribution in [0, 0.1) is 0 Å². The summed E-state index contributed by atoms with van der Waals surface area (Å²) in [5.41, 5.74) is 1.90. The number of nitrogens with one attached hydrogen (secondary N) is 1. The zero-order valence-electron chi connectivity index (χ0n) is 14.9. The van der Waals surface area contributed by atoms with E-state index in [9.17, 15) is 4.79 Å². The van der Waals surface area contributed by atoms with Gasteiger partial charge in [-0.05, 0) is 37.1 Å². The maximum absolute atomic E-state index is 11.5. The number of amides is 1. The molecule has 0 saturated carbocycles. The van der Waals surface area contributed by atoms with Gasteiger partial charge in [-0.25, -0.2) is 14.5 Å². The highest BCUT2D eigenvalue weighted by Crippen LogP contribution is 2.29. The van der Waals surface area contributed by atoms with Gasteiger partial charge in [0, 0.05) is 18.7 Å². The molecule has 0 aliphatic carbocycles. The first kappa shape index (κ1) is 16.8. The molecule has 138 valence electrons. The van der Waals surface area contributed by atoms with Gasteiger partial charge in [0.2, 0.25) is 0 Å². The highest BCUT2D eigenvalue weighted by molar-refractivity contribution is 5.70. The largest absolute Gasteiger partial charge is 0.496 e. The number of aromatic nitrogens is 3. The van der Waals surface area contributed by atoms with Crippen molar-refractivity contribution >= 4 is 6.09 Å². The van der Waals surface area contributed by atoms with Gasteiger partial charge in [0.1, 0.15) is 24.0 Å². The number of methoxy groups -OCH3 is 1. The number of ether oxygens (including phenoxy) is 2. The number of carbonyl (C=O) groups excluding carboxylic acids is 1. The Kier molecular flexibility index (Phi) is 4.50. The second-order valence-electron chi connectivity index (χ2n) is 6.98. The molecule has 2 aliphatic rings. The number of nitrogens with zero attached hydrogens (tertiary/aromatic N) is 4. The first-order chi connectivity index (χ1) is 12.7. The zero-order chi connectivity index (χ0) is 18.0. The molecular weight excluding hydrogens is 334 g/mol. The van der Waals surface area contributed by atoms with Crippen LogP contribution >= 0.6 is 0 Å². The molecule has 26 heavy (non-hydrogen) atoms. The molecular formula is C18H23N5O3. The molecule has 2 aromatic rings. The van der Waals surface area contributed by atoms with Crippen molar-refractivity contribution in [2.75, 3.05) is 26.7 Å². The van der Waals surface area contributed by atoms with Crippen LogP contribution in [0.1, 0.15) is 24.0 Å².